The van der Waals surface area contributed by atoms with Gasteiger partial charge in [-0.3, -0.25) is 13.9 Å². The number of ether oxygens (including phenoxy) is 1. The Kier molecular flexibility index (Phi) is 4.27. The van der Waals surface area contributed by atoms with Crippen molar-refractivity contribution in [3.8, 4) is 5.75 Å². The Hall–Kier alpha value is -3.35. The first-order valence-electron chi connectivity index (χ1n) is 8.80. The fourth-order valence-electron chi connectivity index (χ4n) is 3.42. The van der Waals surface area contributed by atoms with Gasteiger partial charge in [-0.25, -0.2) is 9.59 Å². The second kappa shape index (κ2) is 6.75. The molecule has 0 spiro atoms. The molecule has 1 amide bonds. The van der Waals surface area contributed by atoms with Crippen molar-refractivity contribution in [2.75, 3.05) is 11.4 Å². The number of carbonyl (C=O) groups is 2. The Balaban J connectivity index is 1.50. The smallest absolute Gasteiger partial charge is 0.331 e. The molecule has 0 saturated carbocycles. The summed E-state index contributed by atoms with van der Waals surface area (Å²) in [5.41, 5.74) is 1.97. The van der Waals surface area contributed by atoms with Crippen molar-refractivity contribution in [1.29, 1.82) is 0 Å². The van der Waals surface area contributed by atoms with E-state index < -0.39 is 5.97 Å². The first kappa shape index (κ1) is 17.1. The predicted molar refractivity (Wildman–Crippen MR) is 101 cm³/mol. The molecule has 0 bridgehead atoms. The van der Waals surface area contributed by atoms with Crippen LogP contribution >= 0.6 is 0 Å². The largest absolute Gasteiger partial charge is 0.425 e. The zero-order valence-electron chi connectivity index (χ0n) is 14.9. The van der Waals surface area contributed by atoms with Gasteiger partial charge in [0.15, 0.2) is 0 Å². The molecule has 7 heteroatoms. The third kappa shape index (κ3) is 3.12. The first-order valence-corrected chi connectivity index (χ1v) is 8.80. The topological polar surface area (TPSA) is 73.5 Å². The maximum atomic E-state index is 12.4. The Morgan fingerprint density at radius 1 is 1.04 bits per heavy atom. The number of amides is 1. The normalized spacial score (nSPS) is 14.1. The predicted octanol–water partition coefficient (Wildman–Crippen LogP) is 2.07. The highest BCUT2D eigenvalue weighted by Gasteiger charge is 2.21. The van der Waals surface area contributed by atoms with Crippen LogP contribution in [0.3, 0.4) is 0 Å². The van der Waals surface area contributed by atoms with Crippen molar-refractivity contribution < 1.29 is 14.3 Å². The van der Waals surface area contributed by atoms with E-state index >= 15 is 0 Å². The molecule has 7 nitrogen and oxygen atoms in total. The molecule has 0 radical (unpaired) electrons. The molecule has 0 aliphatic carbocycles. The Morgan fingerprint density at radius 2 is 1.74 bits per heavy atom. The summed E-state index contributed by atoms with van der Waals surface area (Å²) in [5.74, 6) is -0.0443. The molecule has 138 valence electrons. The number of imidazole rings is 1. The van der Waals surface area contributed by atoms with E-state index in [9.17, 15) is 14.4 Å². The molecule has 27 heavy (non-hydrogen) atoms. The summed E-state index contributed by atoms with van der Waals surface area (Å²) in [6.45, 7) is 0.536. The van der Waals surface area contributed by atoms with Crippen LogP contribution in [0.5, 0.6) is 5.75 Å². The summed E-state index contributed by atoms with van der Waals surface area (Å²) in [7, 11) is 1.67. The average Bonchev–Trinajstić information content (AvgIpc) is 3.20. The Morgan fingerprint density at radius 3 is 2.41 bits per heavy atom. The van der Waals surface area contributed by atoms with Crippen LogP contribution in [0, 0.1) is 0 Å². The molecule has 2 heterocycles. The molecular formula is C20H19N3O4. The number of para-hydroxylation sites is 2. The third-order valence-electron chi connectivity index (χ3n) is 4.79. The molecule has 4 rings (SSSR count). The molecule has 0 N–H and O–H groups in total. The van der Waals surface area contributed by atoms with Gasteiger partial charge in [0.1, 0.15) is 12.3 Å². The number of rotatable bonds is 4. The number of hydrogen-bond donors (Lipinski definition) is 0. The van der Waals surface area contributed by atoms with Crippen LogP contribution in [0.15, 0.2) is 53.3 Å². The van der Waals surface area contributed by atoms with Gasteiger partial charge in [-0.1, -0.05) is 12.1 Å². The zero-order valence-corrected chi connectivity index (χ0v) is 14.9. The number of nitrogens with zero attached hydrogens (tertiary/aromatic N) is 3. The van der Waals surface area contributed by atoms with Crippen molar-refractivity contribution in [1.82, 2.24) is 9.13 Å². The molecular weight excluding hydrogens is 346 g/mol. The number of anilines is 1. The van der Waals surface area contributed by atoms with Crippen LogP contribution in [-0.4, -0.2) is 27.6 Å². The number of benzene rings is 2. The SMILES string of the molecule is Cn1c(=O)n(CC(=O)Oc2ccc(N3CCCC3=O)cc2)c2ccccc21. The van der Waals surface area contributed by atoms with Gasteiger partial charge in [-0.2, -0.15) is 0 Å². The van der Waals surface area contributed by atoms with Crippen molar-refractivity contribution in [3.63, 3.8) is 0 Å². The molecule has 1 aliphatic rings. The monoisotopic (exact) mass is 365 g/mol. The lowest BCUT2D eigenvalue weighted by molar-refractivity contribution is -0.135. The van der Waals surface area contributed by atoms with Gasteiger partial charge in [0.2, 0.25) is 5.91 Å². The molecule has 0 atom stereocenters. The summed E-state index contributed by atoms with van der Waals surface area (Å²) in [6, 6.07) is 14.1. The maximum absolute atomic E-state index is 12.4. The quantitative estimate of drug-likeness (QED) is 0.524. The minimum absolute atomic E-state index is 0.107. The van der Waals surface area contributed by atoms with Crippen LogP contribution in [0.25, 0.3) is 11.0 Å². The van der Waals surface area contributed by atoms with Crippen LogP contribution < -0.4 is 15.3 Å². The molecule has 0 unspecified atom stereocenters. The lowest BCUT2D eigenvalue weighted by Crippen LogP contribution is -2.27. The molecule has 1 aliphatic heterocycles. The van der Waals surface area contributed by atoms with Gasteiger partial charge in [0.05, 0.1) is 11.0 Å². The van der Waals surface area contributed by atoms with Gasteiger partial charge in [0.25, 0.3) is 0 Å². The number of carbonyl (C=O) groups excluding carboxylic acids is 2. The van der Waals surface area contributed by atoms with Gasteiger partial charge < -0.3 is 9.64 Å². The highest BCUT2D eigenvalue weighted by molar-refractivity contribution is 5.95. The highest BCUT2D eigenvalue weighted by atomic mass is 16.5. The lowest BCUT2D eigenvalue weighted by atomic mass is 10.3. The van der Waals surface area contributed by atoms with Gasteiger partial charge in [-0.15, -0.1) is 0 Å². The number of aromatic nitrogens is 2. The number of esters is 1. The minimum atomic E-state index is -0.529. The highest BCUT2D eigenvalue weighted by Crippen LogP contribution is 2.24. The second-order valence-electron chi connectivity index (χ2n) is 6.53. The fraction of sp³-hybridized carbons (Fsp3) is 0.250. The zero-order chi connectivity index (χ0) is 19.0. The standard InChI is InChI=1S/C20H19N3O4/c1-21-16-5-2-3-6-17(16)23(20(21)26)13-19(25)27-15-10-8-14(9-11-15)22-12-4-7-18(22)24/h2-3,5-6,8-11H,4,7,12-13H2,1H3. The number of hydrogen-bond acceptors (Lipinski definition) is 4. The molecule has 1 aromatic heterocycles. The van der Waals surface area contributed by atoms with E-state index in [0.717, 1.165) is 17.6 Å². The van der Waals surface area contributed by atoms with Gasteiger partial charge >= 0.3 is 11.7 Å². The van der Waals surface area contributed by atoms with Crippen LogP contribution in [0.4, 0.5) is 5.69 Å². The van der Waals surface area contributed by atoms with Crippen molar-refractivity contribution in [2.24, 2.45) is 7.05 Å². The van der Waals surface area contributed by atoms with E-state index in [1.165, 1.54) is 9.13 Å². The Bertz CT molecular complexity index is 1080. The van der Waals surface area contributed by atoms with Crippen LogP contribution in [0.2, 0.25) is 0 Å². The number of aryl methyl sites for hydroxylation is 1. The van der Waals surface area contributed by atoms with Crippen LogP contribution in [0.1, 0.15) is 12.8 Å². The van der Waals surface area contributed by atoms with Gasteiger partial charge in [-0.05, 0) is 42.8 Å². The van der Waals surface area contributed by atoms with Gasteiger partial charge in [0, 0.05) is 25.7 Å². The van der Waals surface area contributed by atoms with E-state index in [1.54, 1.807) is 42.3 Å². The summed E-state index contributed by atoms with van der Waals surface area (Å²) < 4.78 is 8.27. The van der Waals surface area contributed by atoms with Crippen LogP contribution in [-0.2, 0) is 23.2 Å². The number of fused-ring (bicyclic) bond motifs is 1. The minimum Gasteiger partial charge on any atom is -0.425 e. The lowest BCUT2D eigenvalue weighted by Gasteiger charge is -2.15. The van der Waals surface area contributed by atoms with E-state index in [1.807, 2.05) is 18.2 Å². The summed E-state index contributed by atoms with van der Waals surface area (Å²) in [5, 5.41) is 0. The summed E-state index contributed by atoms with van der Waals surface area (Å²) in [4.78, 5) is 38.2. The molecule has 1 fully saturated rings. The average molecular weight is 365 g/mol. The van der Waals surface area contributed by atoms with Crippen molar-refractivity contribution in [3.05, 3.63) is 59.0 Å². The van der Waals surface area contributed by atoms with E-state index in [-0.39, 0.29) is 18.1 Å². The van der Waals surface area contributed by atoms with E-state index in [4.69, 9.17) is 4.74 Å². The van der Waals surface area contributed by atoms with Crippen molar-refractivity contribution >= 4 is 28.6 Å². The summed E-state index contributed by atoms with van der Waals surface area (Å²) in [6.07, 6.45) is 1.42. The summed E-state index contributed by atoms with van der Waals surface area (Å²) >= 11 is 0. The Labute approximate surface area is 155 Å². The molecule has 2 aromatic carbocycles. The molecule has 3 aromatic rings. The molecule has 1 saturated heterocycles. The fourth-order valence-corrected chi connectivity index (χ4v) is 3.42. The second-order valence-corrected chi connectivity index (χ2v) is 6.53. The van der Waals surface area contributed by atoms with Crippen molar-refractivity contribution in [2.45, 2.75) is 19.4 Å². The maximum Gasteiger partial charge on any atom is 0.331 e. The third-order valence-corrected chi connectivity index (χ3v) is 4.79. The van der Waals surface area contributed by atoms with E-state index in [0.29, 0.717) is 24.2 Å². The first-order chi connectivity index (χ1) is 13.0. The van der Waals surface area contributed by atoms with E-state index in [2.05, 4.69) is 0 Å².